The molecule has 2 amide bonds. The third kappa shape index (κ3) is 4.03. The Kier molecular flexibility index (Phi) is 5.75. The first-order valence-corrected chi connectivity index (χ1v) is 8.78. The Morgan fingerprint density at radius 3 is 2.62 bits per heavy atom. The van der Waals surface area contributed by atoms with Crippen molar-refractivity contribution in [1.29, 1.82) is 0 Å². The van der Waals surface area contributed by atoms with E-state index in [1.165, 1.54) is 4.90 Å². The highest BCUT2D eigenvalue weighted by molar-refractivity contribution is 7.99. The SMILES string of the molecule is CC1(C(=O)O)CCCCN1C(=O)NCCN1CCSCC1. The second-order valence-electron chi connectivity index (χ2n) is 5.87. The van der Waals surface area contributed by atoms with Gasteiger partial charge in [0.25, 0.3) is 0 Å². The summed E-state index contributed by atoms with van der Waals surface area (Å²) >= 11 is 1.96. The van der Waals surface area contributed by atoms with Gasteiger partial charge in [-0.15, -0.1) is 0 Å². The molecular formula is C14H25N3O3S. The maximum Gasteiger partial charge on any atom is 0.329 e. The number of piperidine rings is 1. The summed E-state index contributed by atoms with van der Waals surface area (Å²) in [6.45, 7) is 5.72. The zero-order valence-electron chi connectivity index (χ0n) is 12.6. The molecule has 2 rings (SSSR count). The lowest BCUT2D eigenvalue weighted by Crippen LogP contribution is -2.60. The van der Waals surface area contributed by atoms with Crippen LogP contribution in [0.15, 0.2) is 0 Å². The summed E-state index contributed by atoms with van der Waals surface area (Å²) in [6.07, 6.45) is 2.26. The summed E-state index contributed by atoms with van der Waals surface area (Å²) in [6, 6.07) is -0.244. The minimum absolute atomic E-state index is 0.244. The fourth-order valence-electron chi connectivity index (χ4n) is 2.91. The van der Waals surface area contributed by atoms with E-state index >= 15 is 0 Å². The van der Waals surface area contributed by atoms with E-state index in [0.29, 0.717) is 19.5 Å². The van der Waals surface area contributed by atoms with Gasteiger partial charge in [0.2, 0.25) is 0 Å². The van der Waals surface area contributed by atoms with E-state index in [4.69, 9.17) is 0 Å². The van der Waals surface area contributed by atoms with Gasteiger partial charge in [0.15, 0.2) is 0 Å². The van der Waals surface area contributed by atoms with Gasteiger partial charge in [0.1, 0.15) is 5.54 Å². The van der Waals surface area contributed by atoms with E-state index in [-0.39, 0.29) is 6.03 Å². The molecule has 1 unspecified atom stereocenters. The van der Waals surface area contributed by atoms with Crippen LogP contribution in [0.25, 0.3) is 0 Å². The minimum Gasteiger partial charge on any atom is -0.480 e. The number of amides is 2. The van der Waals surface area contributed by atoms with Gasteiger partial charge >= 0.3 is 12.0 Å². The Labute approximate surface area is 130 Å². The number of carbonyl (C=O) groups is 2. The molecular weight excluding hydrogens is 290 g/mol. The molecule has 2 fully saturated rings. The predicted molar refractivity (Wildman–Crippen MR) is 83.8 cm³/mol. The number of urea groups is 1. The highest BCUT2D eigenvalue weighted by Crippen LogP contribution is 2.28. The number of aliphatic carboxylic acids is 1. The molecule has 0 bridgehead atoms. The van der Waals surface area contributed by atoms with Crippen molar-refractivity contribution in [1.82, 2.24) is 15.1 Å². The number of nitrogens with zero attached hydrogens (tertiary/aromatic N) is 2. The molecule has 21 heavy (non-hydrogen) atoms. The highest BCUT2D eigenvalue weighted by atomic mass is 32.2. The molecule has 2 aliphatic heterocycles. The first-order valence-electron chi connectivity index (χ1n) is 7.63. The van der Waals surface area contributed by atoms with Crippen LogP contribution in [0, 0.1) is 0 Å². The Morgan fingerprint density at radius 2 is 1.95 bits per heavy atom. The summed E-state index contributed by atoms with van der Waals surface area (Å²) in [4.78, 5) is 27.6. The van der Waals surface area contributed by atoms with Gasteiger partial charge in [-0.2, -0.15) is 11.8 Å². The second kappa shape index (κ2) is 7.35. The van der Waals surface area contributed by atoms with E-state index in [1.807, 2.05) is 11.8 Å². The summed E-state index contributed by atoms with van der Waals surface area (Å²) in [5.41, 5.74) is -1.07. The average Bonchev–Trinajstić information content (AvgIpc) is 2.48. The molecule has 6 nitrogen and oxygen atoms in total. The van der Waals surface area contributed by atoms with Crippen molar-refractivity contribution in [3.63, 3.8) is 0 Å². The molecule has 0 aliphatic carbocycles. The third-order valence-corrected chi connectivity index (χ3v) is 5.35. The normalized spacial score (nSPS) is 27.4. The molecule has 2 saturated heterocycles. The molecule has 0 saturated carbocycles. The van der Waals surface area contributed by atoms with Crippen molar-refractivity contribution in [2.75, 3.05) is 44.2 Å². The quantitative estimate of drug-likeness (QED) is 0.812. The van der Waals surface area contributed by atoms with Crippen molar-refractivity contribution in [3.05, 3.63) is 0 Å². The monoisotopic (exact) mass is 315 g/mol. The largest absolute Gasteiger partial charge is 0.480 e. The van der Waals surface area contributed by atoms with Crippen LogP contribution in [0.3, 0.4) is 0 Å². The molecule has 0 aromatic heterocycles. The second-order valence-corrected chi connectivity index (χ2v) is 7.10. The van der Waals surface area contributed by atoms with Gasteiger partial charge in [-0.25, -0.2) is 9.59 Å². The molecule has 1 atom stereocenters. The molecule has 0 spiro atoms. The van der Waals surface area contributed by atoms with Gasteiger partial charge in [-0.1, -0.05) is 0 Å². The minimum atomic E-state index is -1.07. The number of carboxylic acid groups (broad SMARTS) is 1. The number of carboxylic acids is 1. The van der Waals surface area contributed by atoms with Crippen LogP contribution in [0.4, 0.5) is 4.79 Å². The topological polar surface area (TPSA) is 72.9 Å². The molecule has 0 aromatic carbocycles. The van der Waals surface area contributed by atoms with Crippen molar-refractivity contribution < 1.29 is 14.7 Å². The Bertz CT molecular complexity index is 388. The number of thioether (sulfide) groups is 1. The number of hydrogen-bond acceptors (Lipinski definition) is 4. The number of hydrogen-bond donors (Lipinski definition) is 2. The van der Waals surface area contributed by atoms with Crippen LogP contribution in [-0.2, 0) is 4.79 Å². The highest BCUT2D eigenvalue weighted by Gasteiger charge is 2.43. The molecule has 2 heterocycles. The van der Waals surface area contributed by atoms with Gasteiger partial charge in [-0.3, -0.25) is 4.90 Å². The van der Waals surface area contributed by atoms with Crippen LogP contribution in [0.1, 0.15) is 26.2 Å². The van der Waals surface area contributed by atoms with E-state index < -0.39 is 11.5 Å². The molecule has 0 radical (unpaired) electrons. The van der Waals surface area contributed by atoms with E-state index in [2.05, 4.69) is 10.2 Å². The van der Waals surface area contributed by atoms with Crippen LogP contribution >= 0.6 is 11.8 Å². The molecule has 2 N–H and O–H groups in total. The van der Waals surface area contributed by atoms with Crippen molar-refractivity contribution in [3.8, 4) is 0 Å². The average molecular weight is 315 g/mol. The Morgan fingerprint density at radius 1 is 1.24 bits per heavy atom. The predicted octanol–water partition coefficient (Wildman–Crippen LogP) is 1.07. The van der Waals surface area contributed by atoms with Crippen LogP contribution in [-0.4, -0.2) is 76.7 Å². The van der Waals surface area contributed by atoms with E-state index in [0.717, 1.165) is 44.0 Å². The molecule has 0 aromatic rings. The Balaban J connectivity index is 1.82. The fourth-order valence-corrected chi connectivity index (χ4v) is 3.89. The molecule has 2 aliphatic rings. The van der Waals surface area contributed by atoms with Gasteiger partial charge in [0, 0.05) is 44.2 Å². The van der Waals surface area contributed by atoms with Crippen molar-refractivity contribution in [2.24, 2.45) is 0 Å². The maximum absolute atomic E-state index is 12.3. The lowest BCUT2D eigenvalue weighted by atomic mass is 9.89. The standard InChI is InChI=1S/C14H25N3O3S/c1-14(12(18)19)4-2-3-6-17(14)13(20)15-5-7-16-8-10-21-11-9-16/h2-11H2,1H3,(H,15,20)(H,18,19). The Hall–Kier alpha value is -0.950. The zero-order valence-corrected chi connectivity index (χ0v) is 13.5. The molecule has 120 valence electrons. The zero-order chi connectivity index (χ0) is 15.3. The fraction of sp³-hybridized carbons (Fsp3) is 0.857. The number of likely N-dealkylation sites (tertiary alicyclic amines) is 1. The smallest absolute Gasteiger partial charge is 0.329 e. The number of nitrogens with one attached hydrogen (secondary N) is 1. The van der Waals surface area contributed by atoms with Gasteiger partial charge in [-0.05, 0) is 26.2 Å². The van der Waals surface area contributed by atoms with E-state index in [1.54, 1.807) is 6.92 Å². The third-order valence-electron chi connectivity index (χ3n) is 4.40. The lowest BCUT2D eigenvalue weighted by Gasteiger charge is -2.41. The first-order chi connectivity index (χ1) is 10.0. The maximum atomic E-state index is 12.3. The van der Waals surface area contributed by atoms with Crippen LogP contribution in [0.5, 0.6) is 0 Å². The number of rotatable bonds is 4. The van der Waals surface area contributed by atoms with E-state index in [9.17, 15) is 14.7 Å². The van der Waals surface area contributed by atoms with Gasteiger partial charge < -0.3 is 15.3 Å². The molecule has 7 heteroatoms. The van der Waals surface area contributed by atoms with Gasteiger partial charge in [0.05, 0.1) is 0 Å². The lowest BCUT2D eigenvalue weighted by molar-refractivity contribution is -0.150. The summed E-state index contributed by atoms with van der Waals surface area (Å²) in [7, 11) is 0. The summed E-state index contributed by atoms with van der Waals surface area (Å²) < 4.78 is 0. The number of carbonyl (C=O) groups excluding carboxylic acids is 1. The van der Waals surface area contributed by atoms with Crippen LogP contribution in [0.2, 0.25) is 0 Å². The van der Waals surface area contributed by atoms with Crippen LogP contribution < -0.4 is 5.32 Å². The first kappa shape index (κ1) is 16.4. The summed E-state index contributed by atoms with van der Waals surface area (Å²) in [5, 5.41) is 12.3. The van der Waals surface area contributed by atoms with Crippen molar-refractivity contribution >= 4 is 23.8 Å². The van der Waals surface area contributed by atoms with Crippen molar-refractivity contribution in [2.45, 2.75) is 31.7 Å². The summed E-state index contributed by atoms with van der Waals surface area (Å²) in [5.74, 6) is 1.39.